The topological polar surface area (TPSA) is 33.1 Å². The van der Waals surface area contributed by atoms with E-state index in [1.54, 1.807) is 0 Å². The van der Waals surface area contributed by atoms with Gasteiger partial charge in [0.25, 0.3) is 0 Å². The van der Waals surface area contributed by atoms with E-state index in [0.717, 1.165) is 22.8 Å². The molecule has 1 N–H and O–H groups in total. The maximum Gasteiger partial charge on any atom is 0.174 e. The largest absolute Gasteiger partial charge is 0.351 e. The van der Waals surface area contributed by atoms with Gasteiger partial charge in [-0.25, -0.2) is 0 Å². The van der Waals surface area contributed by atoms with Crippen molar-refractivity contribution in [3.63, 3.8) is 0 Å². The van der Waals surface area contributed by atoms with Gasteiger partial charge in [-0.15, -0.1) is 0 Å². The lowest BCUT2D eigenvalue weighted by Crippen LogP contribution is -2.30. The smallest absolute Gasteiger partial charge is 0.174 e. The highest BCUT2D eigenvalue weighted by Gasteiger charge is 2.42. The van der Waals surface area contributed by atoms with Crippen LogP contribution in [0, 0.1) is 0 Å². The van der Waals surface area contributed by atoms with Crippen LogP contribution in [-0.4, -0.2) is 14.7 Å². The van der Waals surface area contributed by atoms with Crippen LogP contribution in [0.5, 0.6) is 0 Å². The van der Waals surface area contributed by atoms with Crippen molar-refractivity contribution >= 4 is 34.6 Å². The minimum atomic E-state index is -0.0910. The summed E-state index contributed by atoms with van der Waals surface area (Å²) in [5.41, 5.74) is 4.16. The first kappa shape index (κ1) is 18.9. The van der Waals surface area contributed by atoms with Crippen molar-refractivity contribution in [2.75, 3.05) is 4.90 Å². The molecule has 2 aromatic heterocycles. The molecule has 4 nitrogen and oxygen atoms in total. The number of anilines is 1. The zero-order valence-electron chi connectivity index (χ0n) is 16.0. The van der Waals surface area contributed by atoms with Crippen LogP contribution in [0.3, 0.4) is 0 Å². The molecule has 1 aliphatic rings. The van der Waals surface area contributed by atoms with Crippen LogP contribution >= 0.6 is 23.8 Å². The molecule has 0 aliphatic carbocycles. The number of para-hydroxylation sites is 1. The zero-order chi connectivity index (χ0) is 20.5. The van der Waals surface area contributed by atoms with E-state index in [2.05, 4.69) is 50.2 Å². The second-order valence-corrected chi connectivity index (χ2v) is 7.93. The van der Waals surface area contributed by atoms with Gasteiger partial charge in [-0.1, -0.05) is 35.9 Å². The van der Waals surface area contributed by atoms with Gasteiger partial charge in [0.2, 0.25) is 0 Å². The number of benzene rings is 2. The summed E-state index contributed by atoms with van der Waals surface area (Å²) in [7, 11) is 0. The molecule has 2 aromatic carbocycles. The molecule has 0 amide bonds. The minimum absolute atomic E-state index is 0.0798. The summed E-state index contributed by atoms with van der Waals surface area (Å²) in [6.07, 6.45) is 3.90. The number of nitrogens with one attached hydrogen (secondary N) is 1. The van der Waals surface area contributed by atoms with Crippen LogP contribution in [-0.2, 0) is 0 Å². The van der Waals surface area contributed by atoms with Crippen LogP contribution < -0.4 is 10.2 Å². The maximum atomic E-state index is 6.14. The molecule has 1 fully saturated rings. The average molecular weight is 431 g/mol. The molecule has 3 heterocycles. The van der Waals surface area contributed by atoms with Crippen LogP contribution in [0.1, 0.15) is 23.5 Å². The van der Waals surface area contributed by atoms with Crippen LogP contribution in [0.25, 0.3) is 5.69 Å². The third-order valence-electron chi connectivity index (χ3n) is 5.32. The lowest BCUT2D eigenvalue weighted by Gasteiger charge is -2.29. The molecule has 0 bridgehead atoms. The Morgan fingerprint density at radius 2 is 1.60 bits per heavy atom. The number of nitrogens with zero attached hydrogens (tertiary/aromatic N) is 3. The van der Waals surface area contributed by atoms with Gasteiger partial charge in [0, 0.05) is 34.5 Å². The number of rotatable bonds is 4. The highest BCUT2D eigenvalue weighted by atomic mass is 35.5. The van der Waals surface area contributed by atoms with Crippen LogP contribution in [0.15, 0.2) is 97.3 Å². The van der Waals surface area contributed by atoms with E-state index in [4.69, 9.17) is 23.8 Å². The number of thiocarbonyl (C=S) groups is 1. The molecule has 1 aliphatic heterocycles. The SMILES string of the molecule is S=C1N[C@H](c2ccccn2)[C@@H](c2cccn2-c2ccccc2)N1c1ccc(Cl)cc1. The van der Waals surface area contributed by atoms with Gasteiger partial charge >= 0.3 is 0 Å². The van der Waals surface area contributed by atoms with E-state index >= 15 is 0 Å². The Labute approximate surface area is 185 Å². The van der Waals surface area contributed by atoms with E-state index in [0.29, 0.717) is 10.1 Å². The molecule has 6 heteroatoms. The standard InChI is InChI=1S/C24H19ClN4S/c25-17-11-13-19(14-12-17)29-23(22(27-24(29)30)20-9-4-5-15-26-20)21-10-6-16-28(21)18-7-2-1-3-8-18/h1-16,22-23H,(H,27,30)/t22-,23-/m1/s1. The Kier molecular flexibility index (Phi) is 4.99. The molecule has 2 atom stereocenters. The van der Waals surface area contributed by atoms with E-state index in [9.17, 15) is 0 Å². The second-order valence-electron chi connectivity index (χ2n) is 7.11. The van der Waals surface area contributed by atoms with Crippen molar-refractivity contribution in [2.45, 2.75) is 12.1 Å². The Morgan fingerprint density at radius 3 is 2.33 bits per heavy atom. The van der Waals surface area contributed by atoms with Crippen LogP contribution in [0.2, 0.25) is 5.02 Å². The molecule has 4 aromatic rings. The number of hydrogen-bond donors (Lipinski definition) is 1. The summed E-state index contributed by atoms with van der Waals surface area (Å²) < 4.78 is 2.21. The normalized spacial score (nSPS) is 18.4. The monoisotopic (exact) mass is 430 g/mol. The Bertz CT molecular complexity index is 1160. The van der Waals surface area contributed by atoms with Gasteiger partial charge in [0.15, 0.2) is 5.11 Å². The van der Waals surface area contributed by atoms with E-state index < -0.39 is 0 Å². The molecular weight excluding hydrogens is 412 g/mol. The van der Waals surface area contributed by atoms with E-state index in [1.807, 2.05) is 66.9 Å². The van der Waals surface area contributed by atoms with Gasteiger partial charge in [-0.2, -0.15) is 0 Å². The van der Waals surface area contributed by atoms with Gasteiger partial charge in [0.1, 0.15) is 6.04 Å². The number of pyridine rings is 1. The highest BCUT2D eigenvalue weighted by molar-refractivity contribution is 7.80. The lowest BCUT2D eigenvalue weighted by atomic mass is 10.0. The molecule has 0 spiro atoms. The van der Waals surface area contributed by atoms with Gasteiger partial charge in [-0.3, -0.25) is 4.98 Å². The van der Waals surface area contributed by atoms with Gasteiger partial charge < -0.3 is 14.8 Å². The third kappa shape index (κ3) is 3.36. The first-order valence-electron chi connectivity index (χ1n) is 9.71. The predicted octanol–water partition coefficient (Wildman–Crippen LogP) is 5.70. The first-order chi connectivity index (χ1) is 14.7. The Hall–Kier alpha value is -3.15. The first-order valence-corrected chi connectivity index (χ1v) is 10.5. The Morgan fingerprint density at radius 1 is 0.833 bits per heavy atom. The second kappa shape index (κ2) is 7.94. The van der Waals surface area contributed by atoms with Crippen molar-refractivity contribution in [3.8, 4) is 5.69 Å². The number of aromatic nitrogens is 2. The summed E-state index contributed by atoms with van der Waals surface area (Å²) in [6.45, 7) is 0. The molecule has 0 radical (unpaired) electrons. The zero-order valence-corrected chi connectivity index (χ0v) is 17.6. The fraction of sp³-hybridized carbons (Fsp3) is 0.0833. The average Bonchev–Trinajstić information content (AvgIpc) is 3.40. The fourth-order valence-corrected chi connectivity index (χ4v) is 4.47. The summed E-state index contributed by atoms with van der Waals surface area (Å²) in [6, 6.07) is 28.1. The van der Waals surface area contributed by atoms with E-state index in [-0.39, 0.29) is 12.1 Å². The van der Waals surface area contributed by atoms with Crippen molar-refractivity contribution in [2.24, 2.45) is 0 Å². The summed E-state index contributed by atoms with van der Waals surface area (Å²) >= 11 is 11.9. The lowest BCUT2D eigenvalue weighted by molar-refractivity contribution is 0.549. The molecule has 5 rings (SSSR count). The Balaban J connectivity index is 1.67. The molecule has 1 saturated heterocycles. The van der Waals surface area contributed by atoms with Gasteiger partial charge in [0.05, 0.1) is 11.7 Å². The quantitative estimate of drug-likeness (QED) is 0.421. The van der Waals surface area contributed by atoms with E-state index in [1.165, 1.54) is 0 Å². The van der Waals surface area contributed by atoms with Gasteiger partial charge in [-0.05, 0) is 72.9 Å². The summed E-state index contributed by atoms with van der Waals surface area (Å²) in [5.74, 6) is 0. The molecule has 30 heavy (non-hydrogen) atoms. The highest BCUT2D eigenvalue weighted by Crippen LogP contribution is 2.42. The van der Waals surface area contributed by atoms with Crippen LogP contribution in [0.4, 0.5) is 5.69 Å². The summed E-state index contributed by atoms with van der Waals surface area (Å²) in [4.78, 5) is 6.77. The number of hydrogen-bond acceptors (Lipinski definition) is 2. The predicted molar refractivity (Wildman–Crippen MR) is 125 cm³/mol. The van der Waals surface area contributed by atoms with Crippen molar-refractivity contribution in [1.82, 2.24) is 14.9 Å². The molecule has 0 unspecified atom stereocenters. The van der Waals surface area contributed by atoms with Crippen molar-refractivity contribution in [3.05, 3.63) is 114 Å². The van der Waals surface area contributed by atoms with Crippen molar-refractivity contribution in [1.29, 1.82) is 0 Å². The minimum Gasteiger partial charge on any atom is -0.351 e. The van der Waals surface area contributed by atoms with Crippen molar-refractivity contribution < 1.29 is 0 Å². The third-order valence-corrected chi connectivity index (χ3v) is 5.89. The number of halogens is 1. The molecular formula is C24H19ClN4S. The maximum absolute atomic E-state index is 6.14. The summed E-state index contributed by atoms with van der Waals surface area (Å²) in [5, 5.41) is 4.86. The molecule has 148 valence electrons. The molecule has 0 saturated carbocycles. The fourth-order valence-electron chi connectivity index (χ4n) is 3.99.